The van der Waals surface area contributed by atoms with Gasteiger partial charge in [0.1, 0.15) is 0 Å². The minimum absolute atomic E-state index is 0.0984. The molecule has 0 bridgehead atoms. The van der Waals surface area contributed by atoms with Crippen molar-refractivity contribution in [2.45, 2.75) is 6.54 Å². The lowest BCUT2D eigenvalue weighted by Gasteiger charge is -2.16. The number of thiophene rings is 1. The molecule has 1 aliphatic rings. The Labute approximate surface area is 128 Å². The van der Waals surface area contributed by atoms with Crippen LogP contribution in [-0.2, 0) is 6.54 Å². The summed E-state index contributed by atoms with van der Waals surface area (Å²) in [6.45, 7) is 0.628. The Balaban J connectivity index is 1.84. The fourth-order valence-corrected chi connectivity index (χ4v) is 4.17. The number of anilines is 1. The summed E-state index contributed by atoms with van der Waals surface area (Å²) in [6.07, 6.45) is 0. The van der Waals surface area contributed by atoms with Gasteiger partial charge in [-0.3, -0.25) is 4.79 Å². The maximum Gasteiger partial charge on any atom is 0.259 e. The molecule has 98 valence electrons. The molecule has 0 radical (unpaired) electrons. The van der Waals surface area contributed by atoms with E-state index in [1.165, 1.54) is 4.88 Å². The van der Waals surface area contributed by atoms with Crippen LogP contribution in [0.4, 0.5) is 5.69 Å². The molecule has 0 atom stereocenters. The van der Waals surface area contributed by atoms with Gasteiger partial charge in [-0.25, -0.2) is 0 Å². The van der Waals surface area contributed by atoms with Gasteiger partial charge >= 0.3 is 0 Å². The van der Waals surface area contributed by atoms with E-state index in [-0.39, 0.29) is 5.91 Å². The quantitative estimate of drug-likeness (QED) is 0.652. The molecule has 0 spiro atoms. The molecule has 4 rings (SSSR count). The van der Waals surface area contributed by atoms with Crippen LogP contribution in [-0.4, -0.2) is 5.91 Å². The molecular formula is C16H10BrNOS. The molecule has 0 unspecified atom stereocenters. The third kappa shape index (κ3) is 1.72. The minimum Gasteiger partial charge on any atom is -0.302 e. The van der Waals surface area contributed by atoms with E-state index >= 15 is 0 Å². The van der Waals surface area contributed by atoms with E-state index in [0.29, 0.717) is 6.54 Å². The summed E-state index contributed by atoms with van der Waals surface area (Å²) in [4.78, 5) is 15.7. The predicted molar refractivity (Wildman–Crippen MR) is 86.5 cm³/mol. The van der Waals surface area contributed by atoms with Crippen LogP contribution in [0.1, 0.15) is 15.2 Å². The van der Waals surface area contributed by atoms with E-state index in [4.69, 9.17) is 0 Å². The molecule has 2 heterocycles. The molecule has 0 N–H and O–H groups in total. The second-order valence-electron chi connectivity index (χ2n) is 4.80. The number of amides is 1. The van der Waals surface area contributed by atoms with Gasteiger partial charge in [0.05, 0.1) is 12.2 Å². The van der Waals surface area contributed by atoms with Gasteiger partial charge in [0.25, 0.3) is 5.91 Å². The van der Waals surface area contributed by atoms with E-state index in [0.717, 1.165) is 26.5 Å². The van der Waals surface area contributed by atoms with Crippen molar-refractivity contribution in [3.8, 4) is 0 Å². The first-order valence-corrected chi connectivity index (χ1v) is 7.98. The first-order chi connectivity index (χ1) is 9.74. The van der Waals surface area contributed by atoms with Crippen LogP contribution in [0.2, 0.25) is 0 Å². The third-order valence-electron chi connectivity index (χ3n) is 3.58. The molecule has 0 aliphatic carbocycles. The Morgan fingerprint density at radius 3 is 2.70 bits per heavy atom. The topological polar surface area (TPSA) is 20.3 Å². The van der Waals surface area contributed by atoms with Crippen LogP contribution in [0.15, 0.2) is 52.3 Å². The van der Waals surface area contributed by atoms with Crippen molar-refractivity contribution in [2.75, 3.05) is 4.90 Å². The van der Waals surface area contributed by atoms with Crippen molar-refractivity contribution in [3.63, 3.8) is 0 Å². The Morgan fingerprint density at radius 2 is 1.95 bits per heavy atom. The highest BCUT2D eigenvalue weighted by atomic mass is 79.9. The Hall–Kier alpha value is -1.65. The molecule has 1 aliphatic heterocycles. The summed E-state index contributed by atoms with van der Waals surface area (Å²) < 4.78 is 1.07. The molecule has 2 nitrogen and oxygen atoms in total. The molecule has 2 aromatic carbocycles. The van der Waals surface area contributed by atoms with E-state index in [1.807, 2.05) is 34.5 Å². The highest BCUT2D eigenvalue weighted by Crippen LogP contribution is 2.38. The molecule has 4 heteroatoms. The van der Waals surface area contributed by atoms with Crippen LogP contribution in [0.25, 0.3) is 10.8 Å². The first kappa shape index (κ1) is 12.1. The van der Waals surface area contributed by atoms with E-state index in [2.05, 4.69) is 34.1 Å². The maximum absolute atomic E-state index is 12.6. The smallest absolute Gasteiger partial charge is 0.259 e. The van der Waals surface area contributed by atoms with Crippen LogP contribution >= 0.6 is 27.3 Å². The number of carbonyl (C=O) groups is 1. The molecule has 0 saturated carbocycles. The summed E-state index contributed by atoms with van der Waals surface area (Å²) in [5.74, 6) is 0.0984. The van der Waals surface area contributed by atoms with Crippen LogP contribution < -0.4 is 4.90 Å². The number of carbonyl (C=O) groups excluding carboxylic acids is 1. The van der Waals surface area contributed by atoms with Crippen molar-refractivity contribution in [3.05, 3.63) is 62.8 Å². The van der Waals surface area contributed by atoms with E-state index in [1.54, 1.807) is 11.3 Å². The average Bonchev–Trinajstić information content (AvgIpc) is 2.98. The summed E-state index contributed by atoms with van der Waals surface area (Å²) in [5.41, 5.74) is 1.83. The molecular weight excluding hydrogens is 334 g/mol. The zero-order valence-electron chi connectivity index (χ0n) is 10.5. The van der Waals surface area contributed by atoms with Crippen molar-refractivity contribution in [1.29, 1.82) is 0 Å². The zero-order chi connectivity index (χ0) is 13.7. The minimum atomic E-state index is 0.0984. The van der Waals surface area contributed by atoms with Crippen molar-refractivity contribution in [1.82, 2.24) is 0 Å². The molecule has 0 saturated heterocycles. The number of halogens is 1. The number of nitrogens with zero attached hydrogens (tertiary/aromatic N) is 1. The highest BCUT2D eigenvalue weighted by Gasteiger charge is 2.29. The zero-order valence-corrected chi connectivity index (χ0v) is 12.9. The van der Waals surface area contributed by atoms with Gasteiger partial charge in [0, 0.05) is 25.7 Å². The molecule has 20 heavy (non-hydrogen) atoms. The van der Waals surface area contributed by atoms with Gasteiger partial charge in [-0.1, -0.05) is 24.3 Å². The van der Waals surface area contributed by atoms with Gasteiger partial charge in [0.15, 0.2) is 0 Å². The summed E-state index contributed by atoms with van der Waals surface area (Å²) >= 11 is 5.13. The number of hydrogen-bond acceptors (Lipinski definition) is 2. The maximum atomic E-state index is 12.6. The molecule has 1 amide bonds. The van der Waals surface area contributed by atoms with Crippen molar-refractivity contribution >= 4 is 49.6 Å². The average molecular weight is 344 g/mol. The summed E-state index contributed by atoms with van der Waals surface area (Å²) in [5, 5.41) is 4.25. The van der Waals surface area contributed by atoms with Crippen molar-refractivity contribution in [2.24, 2.45) is 0 Å². The van der Waals surface area contributed by atoms with Gasteiger partial charge in [-0.2, -0.15) is 0 Å². The molecule has 1 aromatic heterocycles. The fraction of sp³-hybridized carbons (Fsp3) is 0.0625. The van der Waals surface area contributed by atoms with Crippen LogP contribution in [0, 0.1) is 0 Å². The highest BCUT2D eigenvalue weighted by molar-refractivity contribution is 9.10. The first-order valence-electron chi connectivity index (χ1n) is 6.30. The lowest BCUT2D eigenvalue weighted by atomic mass is 10.1. The number of hydrogen-bond donors (Lipinski definition) is 0. The summed E-state index contributed by atoms with van der Waals surface area (Å²) in [6, 6.07) is 14.1. The van der Waals surface area contributed by atoms with E-state index in [9.17, 15) is 4.79 Å². The van der Waals surface area contributed by atoms with Gasteiger partial charge in [-0.05, 0) is 39.5 Å². The Kier molecular flexibility index (Phi) is 2.69. The number of rotatable bonds is 2. The van der Waals surface area contributed by atoms with Gasteiger partial charge < -0.3 is 4.90 Å². The molecule has 0 fully saturated rings. The van der Waals surface area contributed by atoms with Crippen LogP contribution in [0.5, 0.6) is 0 Å². The second kappa shape index (κ2) is 4.43. The second-order valence-corrected chi connectivity index (χ2v) is 6.71. The van der Waals surface area contributed by atoms with Crippen molar-refractivity contribution < 1.29 is 4.79 Å². The Morgan fingerprint density at radius 1 is 1.15 bits per heavy atom. The Bertz CT molecular complexity index is 834. The van der Waals surface area contributed by atoms with Gasteiger partial charge in [-0.15, -0.1) is 11.3 Å². The summed E-state index contributed by atoms with van der Waals surface area (Å²) in [7, 11) is 0. The van der Waals surface area contributed by atoms with Crippen LogP contribution in [0.3, 0.4) is 0 Å². The fourth-order valence-electron chi connectivity index (χ4n) is 2.73. The van der Waals surface area contributed by atoms with Gasteiger partial charge in [0.2, 0.25) is 0 Å². The standard InChI is InChI=1S/C16H10BrNOS/c17-11-7-12(20-9-11)8-18-14-6-2-4-10-3-1-5-13(15(10)14)16(18)19/h1-7,9H,8H2. The lowest BCUT2D eigenvalue weighted by Crippen LogP contribution is -2.25. The predicted octanol–water partition coefficient (Wildman–Crippen LogP) is 4.82. The lowest BCUT2D eigenvalue weighted by molar-refractivity contribution is 0.0991. The SMILES string of the molecule is O=C1c2cccc3cccc(c23)N1Cc1cc(Br)cs1. The van der Waals surface area contributed by atoms with E-state index < -0.39 is 0 Å². The normalized spacial score (nSPS) is 13.4. The molecule has 3 aromatic rings. The third-order valence-corrected chi connectivity index (χ3v) is 5.27. The number of benzene rings is 2. The monoisotopic (exact) mass is 343 g/mol. The largest absolute Gasteiger partial charge is 0.302 e.